The molecule has 1 saturated heterocycles. The number of aryl methyl sites for hydroxylation is 1. The van der Waals surface area contributed by atoms with Gasteiger partial charge in [0.05, 0.1) is 24.7 Å². The van der Waals surface area contributed by atoms with Crippen molar-refractivity contribution < 1.29 is 19.0 Å². The van der Waals surface area contributed by atoms with Crippen LogP contribution in [0.4, 0.5) is 0 Å². The number of carbonyl (C=O) groups excluding carboxylic acids is 1. The van der Waals surface area contributed by atoms with Crippen LogP contribution in [0.25, 0.3) is 6.08 Å². The first-order valence-corrected chi connectivity index (χ1v) is 10.6. The van der Waals surface area contributed by atoms with E-state index in [0.717, 1.165) is 23.3 Å². The Hall–Kier alpha value is -2.51. The molecule has 1 aliphatic heterocycles. The van der Waals surface area contributed by atoms with E-state index in [0.29, 0.717) is 40.5 Å². The monoisotopic (exact) mass is 429 g/mol. The maximum absolute atomic E-state index is 11.8. The van der Waals surface area contributed by atoms with Gasteiger partial charge in [0, 0.05) is 6.42 Å². The van der Waals surface area contributed by atoms with E-state index in [4.69, 9.17) is 26.4 Å². The summed E-state index contributed by atoms with van der Waals surface area (Å²) in [6.45, 7) is 5.55. The van der Waals surface area contributed by atoms with Crippen molar-refractivity contribution in [3.05, 3.63) is 58.5 Å². The summed E-state index contributed by atoms with van der Waals surface area (Å²) < 4.78 is 17.9. The maximum atomic E-state index is 11.8. The molecule has 29 heavy (non-hydrogen) atoms. The van der Waals surface area contributed by atoms with Crippen molar-refractivity contribution in [1.29, 1.82) is 0 Å². The Bertz CT molecular complexity index is 927. The molecule has 0 atom stereocenters. The Morgan fingerprint density at radius 3 is 2.48 bits per heavy atom. The second kappa shape index (κ2) is 10.3. The third kappa shape index (κ3) is 5.98. The van der Waals surface area contributed by atoms with Gasteiger partial charge in [-0.2, -0.15) is 0 Å². The zero-order valence-corrected chi connectivity index (χ0v) is 18.0. The van der Waals surface area contributed by atoms with E-state index >= 15 is 0 Å². The van der Waals surface area contributed by atoms with Gasteiger partial charge in [0.25, 0.3) is 5.91 Å². The first-order chi connectivity index (χ1) is 14.1. The molecule has 1 aliphatic rings. The highest BCUT2D eigenvalue weighted by molar-refractivity contribution is 8.26. The van der Waals surface area contributed by atoms with Gasteiger partial charge in [-0.3, -0.25) is 4.79 Å². The molecule has 1 N–H and O–H groups in total. The Morgan fingerprint density at radius 1 is 1.03 bits per heavy atom. The highest BCUT2D eigenvalue weighted by Gasteiger charge is 2.22. The molecule has 7 heteroatoms. The van der Waals surface area contributed by atoms with E-state index in [1.165, 1.54) is 11.8 Å². The van der Waals surface area contributed by atoms with Crippen molar-refractivity contribution in [2.75, 3.05) is 19.8 Å². The Balaban J connectivity index is 1.57. The highest BCUT2D eigenvalue weighted by atomic mass is 32.2. The summed E-state index contributed by atoms with van der Waals surface area (Å²) in [5, 5.41) is 2.61. The summed E-state index contributed by atoms with van der Waals surface area (Å²) in [5.74, 6) is 2.04. The molecule has 0 unspecified atom stereocenters. The molecule has 1 heterocycles. The van der Waals surface area contributed by atoms with E-state index in [-0.39, 0.29) is 5.91 Å². The van der Waals surface area contributed by atoms with Crippen molar-refractivity contribution in [3.63, 3.8) is 0 Å². The third-order valence-electron chi connectivity index (χ3n) is 4.10. The molecule has 1 amide bonds. The van der Waals surface area contributed by atoms with Crippen molar-refractivity contribution in [3.8, 4) is 17.2 Å². The molecule has 2 aromatic rings. The normalized spacial score (nSPS) is 14.8. The average Bonchev–Trinajstić information content (AvgIpc) is 3.01. The van der Waals surface area contributed by atoms with E-state index in [1.807, 2.05) is 56.3 Å². The average molecular weight is 430 g/mol. The fraction of sp³-hybridized carbons (Fsp3) is 0.273. The fourth-order valence-corrected chi connectivity index (χ4v) is 3.76. The van der Waals surface area contributed by atoms with Gasteiger partial charge >= 0.3 is 0 Å². The first-order valence-electron chi connectivity index (χ1n) is 9.39. The van der Waals surface area contributed by atoms with Crippen molar-refractivity contribution in [2.45, 2.75) is 20.3 Å². The van der Waals surface area contributed by atoms with Crippen molar-refractivity contribution in [2.24, 2.45) is 0 Å². The molecule has 0 radical (unpaired) electrons. The summed E-state index contributed by atoms with van der Waals surface area (Å²) in [6.07, 6.45) is 2.54. The third-order valence-corrected chi connectivity index (χ3v) is 5.27. The summed E-state index contributed by atoms with van der Waals surface area (Å²) in [6, 6.07) is 13.6. The number of nitrogens with one attached hydrogen (secondary N) is 1. The molecule has 0 aromatic heterocycles. The van der Waals surface area contributed by atoms with Crippen LogP contribution in [-0.2, 0) is 4.79 Å². The number of carbonyl (C=O) groups is 1. The van der Waals surface area contributed by atoms with E-state index in [1.54, 1.807) is 6.08 Å². The van der Waals surface area contributed by atoms with Crippen LogP contribution in [0.1, 0.15) is 24.5 Å². The van der Waals surface area contributed by atoms with E-state index in [2.05, 4.69) is 5.32 Å². The maximum Gasteiger partial charge on any atom is 0.263 e. The van der Waals surface area contributed by atoms with Crippen LogP contribution in [0.3, 0.4) is 0 Å². The van der Waals surface area contributed by atoms with Crippen LogP contribution in [-0.4, -0.2) is 30.0 Å². The van der Waals surface area contributed by atoms with Crippen LogP contribution in [0.15, 0.2) is 47.4 Å². The van der Waals surface area contributed by atoms with Gasteiger partial charge in [0.15, 0.2) is 11.5 Å². The van der Waals surface area contributed by atoms with E-state index in [9.17, 15) is 4.79 Å². The Labute approximate surface area is 180 Å². The second-order valence-corrected chi connectivity index (χ2v) is 8.03. The number of hydrogen-bond acceptors (Lipinski definition) is 6. The zero-order chi connectivity index (χ0) is 20.6. The fourth-order valence-electron chi connectivity index (χ4n) is 2.72. The largest absolute Gasteiger partial charge is 0.493 e. The summed E-state index contributed by atoms with van der Waals surface area (Å²) in [4.78, 5) is 12.4. The van der Waals surface area contributed by atoms with Crippen LogP contribution in [0.2, 0.25) is 0 Å². The first kappa shape index (κ1) is 21.2. The summed E-state index contributed by atoms with van der Waals surface area (Å²) in [5.41, 5.74) is 1.97. The quantitative estimate of drug-likeness (QED) is 0.353. The van der Waals surface area contributed by atoms with Gasteiger partial charge in [0.1, 0.15) is 10.1 Å². The predicted molar refractivity (Wildman–Crippen MR) is 121 cm³/mol. The van der Waals surface area contributed by atoms with Crippen LogP contribution >= 0.6 is 24.0 Å². The number of amides is 1. The zero-order valence-electron chi connectivity index (χ0n) is 16.4. The molecule has 0 spiro atoms. The minimum absolute atomic E-state index is 0.174. The minimum atomic E-state index is -0.174. The molecular formula is C22H23NO4S2. The highest BCUT2D eigenvalue weighted by Crippen LogP contribution is 2.32. The van der Waals surface area contributed by atoms with Crippen molar-refractivity contribution >= 4 is 40.3 Å². The topological polar surface area (TPSA) is 56.8 Å². The number of ether oxygens (including phenoxy) is 3. The van der Waals surface area contributed by atoms with Gasteiger partial charge in [-0.05, 0) is 49.2 Å². The number of rotatable bonds is 9. The Kier molecular flexibility index (Phi) is 7.55. The lowest BCUT2D eigenvalue weighted by atomic mass is 10.2. The summed E-state index contributed by atoms with van der Waals surface area (Å²) >= 11 is 6.28. The Morgan fingerprint density at radius 2 is 1.79 bits per heavy atom. The van der Waals surface area contributed by atoms with Gasteiger partial charge in [-0.1, -0.05) is 48.2 Å². The lowest BCUT2D eigenvalue weighted by Crippen LogP contribution is -2.17. The van der Waals surface area contributed by atoms with Crippen molar-refractivity contribution in [1.82, 2.24) is 5.32 Å². The number of benzene rings is 2. The number of thiocarbonyl (C=S) groups is 1. The number of para-hydroxylation sites is 1. The number of hydrogen-bond donors (Lipinski definition) is 1. The minimum Gasteiger partial charge on any atom is -0.493 e. The molecule has 3 rings (SSSR count). The standard InChI is InChI=1S/C22H23NO4S2/c1-3-25-19-13-16(14-20-21(24)23-22(28)29-20)9-10-18(19)27-12-6-11-26-17-8-5-4-7-15(17)2/h4-5,7-10,13-14H,3,6,11-12H2,1-2H3,(H,23,24,28). The van der Waals surface area contributed by atoms with Crippen LogP contribution in [0.5, 0.6) is 17.2 Å². The summed E-state index contributed by atoms with van der Waals surface area (Å²) in [7, 11) is 0. The lowest BCUT2D eigenvalue weighted by molar-refractivity contribution is -0.115. The molecule has 0 aliphatic carbocycles. The second-order valence-electron chi connectivity index (χ2n) is 6.31. The smallest absolute Gasteiger partial charge is 0.263 e. The molecular weight excluding hydrogens is 406 g/mol. The predicted octanol–water partition coefficient (Wildman–Crippen LogP) is 4.73. The molecule has 152 valence electrons. The SMILES string of the molecule is CCOc1cc(C=C2SC(=S)NC2=O)ccc1OCCCOc1ccccc1C. The molecule has 1 fully saturated rings. The van der Waals surface area contributed by atoms with Gasteiger partial charge in [0.2, 0.25) is 0 Å². The number of thioether (sulfide) groups is 1. The van der Waals surface area contributed by atoms with Crippen LogP contribution in [0, 0.1) is 6.92 Å². The molecule has 5 nitrogen and oxygen atoms in total. The molecule has 0 saturated carbocycles. The molecule has 0 bridgehead atoms. The van der Waals surface area contributed by atoms with Gasteiger partial charge < -0.3 is 19.5 Å². The lowest BCUT2D eigenvalue weighted by Gasteiger charge is -2.13. The molecule has 2 aromatic carbocycles. The van der Waals surface area contributed by atoms with Gasteiger partial charge in [-0.25, -0.2) is 0 Å². The van der Waals surface area contributed by atoms with Gasteiger partial charge in [-0.15, -0.1) is 0 Å². The van der Waals surface area contributed by atoms with Crippen LogP contribution < -0.4 is 19.5 Å². The van der Waals surface area contributed by atoms with E-state index < -0.39 is 0 Å².